The molecule has 1 heterocycles. The SMILES string of the molecule is CCC(C)(CC)n1nnnc1-c1ccc(N)c(Cl)c1. The Hall–Kier alpha value is -1.62. The molecule has 2 rings (SSSR count). The number of nitrogens with zero attached hydrogens (tertiary/aromatic N) is 4. The highest BCUT2D eigenvalue weighted by atomic mass is 35.5. The number of nitrogens with two attached hydrogens (primary N) is 1. The summed E-state index contributed by atoms with van der Waals surface area (Å²) in [7, 11) is 0. The Morgan fingerprint density at radius 2 is 2.00 bits per heavy atom. The lowest BCUT2D eigenvalue weighted by Crippen LogP contribution is -2.30. The number of anilines is 1. The monoisotopic (exact) mass is 279 g/mol. The Balaban J connectivity index is 2.52. The average Bonchev–Trinajstić information content (AvgIpc) is 2.91. The highest BCUT2D eigenvalue weighted by Gasteiger charge is 2.27. The van der Waals surface area contributed by atoms with Gasteiger partial charge in [0, 0.05) is 5.56 Å². The molecule has 0 saturated heterocycles. The van der Waals surface area contributed by atoms with E-state index < -0.39 is 0 Å². The fraction of sp³-hybridized carbons (Fsp3) is 0.462. The molecule has 5 nitrogen and oxygen atoms in total. The van der Waals surface area contributed by atoms with Crippen LogP contribution in [0.25, 0.3) is 11.4 Å². The largest absolute Gasteiger partial charge is 0.398 e. The highest BCUT2D eigenvalue weighted by molar-refractivity contribution is 6.33. The summed E-state index contributed by atoms with van der Waals surface area (Å²) in [5, 5.41) is 12.6. The molecule has 0 spiro atoms. The molecular weight excluding hydrogens is 262 g/mol. The van der Waals surface area contributed by atoms with Crippen molar-refractivity contribution in [2.45, 2.75) is 39.2 Å². The van der Waals surface area contributed by atoms with Crippen LogP contribution in [0.1, 0.15) is 33.6 Å². The number of hydrogen-bond acceptors (Lipinski definition) is 4. The van der Waals surface area contributed by atoms with Crippen LogP contribution < -0.4 is 5.73 Å². The van der Waals surface area contributed by atoms with Crippen molar-refractivity contribution in [3.05, 3.63) is 23.2 Å². The van der Waals surface area contributed by atoms with E-state index in [0.29, 0.717) is 16.5 Å². The first-order chi connectivity index (χ1) is 9.01. The second-order valence-corrected chi connectivity index (χ2v) is 5.26. The van der Waals surface area contributed by atoms with Gasteiger partial charge in [-0.1, -0.05) is 25.4 Å². The highest BCUT2D eigenvalue weighted by Crippen LogP contribution is 2.30. The smallest absolute Gasteiger partial charge is 0.182 e. The first-order valence-electron chi connectivity index (χ1n) is 6.36. The molecule has 0 radical (unpaired) electrons. The Morgan fingerprint density at radius 1 is 1.32 bits per heavy atom. The van der Waals surface area contributed by atoms with Crippen LogP contribution in [0.15, 0.2) is 18.2 Å². The number of benzene rings is 1. The van der Waals surface area contributed by atoms with E-state index in [-0.39, 0.29) is 5.54 Å². The Bertz CT molecular complexity index is 574. The lowest BCUT2D eigenvalue weighted by atomic mass is 9.95. The van der Waals surface area contributed by atoms with Gasteiger partial charge in [-0.2, -0.15) is 0 Å². The quantitative estimate of drug-likeness (QED) is 0.873. The van der Waals surface area contributed by atoms with Crippen molar-refractivity contribution < 1.29 is 0 Å². The maximum absolute atomic E-state index is 6.06. The summed E-state index contributed by atoms with van der Waals surface area (Å²) in [4.78, 5) is 0. The van der Waals surface area contributed by atoms with Gasteiger partial charge in [0.15, 0.2) is 5.82 Å². The van der Waals surface area contributed by atoms with Crippen molar-refractivity contribution in [2.75, 3.05) is 5.73 Å². The van der Waals surface area contributed by atoms with Gasteiger partial charge in [0.25, 0.3) is 0 Å². The zero-order valence-electron chi connectivity index (χ0n) is 11.4. The molecule has 0 atom stereocenters. The van der Waals surface area contributed by atoms with Crippen LogP contribution in [0.3, 0.4) is 0 Å². The van der Waals surface area contributed by atoms with Crippen molar-refractivity contribution in [1.29, 1.82) is 0 Å². The number of nitrogen functional groups attached to an aromatic ring is 1. The van der Waals surface area contributed by atoms with E-state index in [1.54, 1.807) is 12.1 Å². The molecule has 0 aliphatic heterocycles. The number of aromatic nitrogens is 4. The van der Waals surface area contributed by atoms with Crippen LogP contribution in [0.2, 0.25) is 5.02 Å². The molecule has 6 heteroatoms. The van der Waals surface area contributed by atoms with Gasteiger partial charge in [-0.15, -0.1) is 5.10 Å². The van der Waals surface area contributed by atoms with Gasteiger partial charge in [0.2, 0.25) is 0 Å². The minimum atomic E-state index is -0.104. The van der Waals surface area contributed by atoms with Gasteiger partial charge in [0.05, 0.1) is 16.2 Å². The van der Waals surface area contributed by atoms with Gasteiger partial charge in [-0.25, -0.2) is 4.68 Å². The number of rotatable bonds is 4. The fourth-order valence-corrected chi connectivity index (χ4v) is 2.13. The minimum absolute atomic E-state index is 0.104. The lowest BCUT2D eigenvalue weighted by Gasteiger charge is -2.27. The van der Waals surface area contributed by atoms with E-state index in [1.165, 1.54) is 0 Å². The summed E-state index contributed by atoms with van der Waals surface area (Å²) in [6.45, 7) is 6.40. The number of tetrazole rings is 1. The second-order valence-electron chi connectivity index (χ2n) is 4.85. The van der Waals surface area contributed by atoms with Crippen LogP contribution in [-0.4, -0.2) is 20.2 Å². The van der Waals surface area contributed by atoms with Crippen molar-refractivity contribution in [2.24, 2.45) is 0 Å². The third-order valence-corrected chi connectivity index (χ3v) is 4.09. The third kappa shape index (κ3) is 2.42. The normalized spacial score (nSPS) is 11.8. The summed E-state index contributed by atoms with van der Waals surface area (Å²) in [5.74, 6) is 0.716. The van der Waals surface area contributed by atoms with Crippen LogP contribution in [0.5, 0.6) is 0 Å². The summed E-state index contributed by atoms with van der Waals surface area (Å²) in [5.41, 5.74) is 7.05. The summed E-state index contributed by atoms with van der Waals surface area (Å²) >= 11 is 6.06. The molecule has 0 bridgehead atoms. The van der Waals surface area contributed by atoms with Crippen LogP contribution >= 0.6 is 11.6 Å². The molecule has 102 valence electrons. The van der Waals surface area contributed by atoms with Crippen LogP contribution in [-0.2, 0) is 5.54 Å². The van der Waals surface area contributed by atoms with E-state index in [1.807, 2.05) is 10.7 Å². The zero-order valence-corrected chi connectivity index (χ0v) is 12.1. The van der Waals surface area contributed by atoms with E-state index in [9.17, 15) is 0 Å². The fourth-order valence-electron chi connectivity index (χ4n) is 1.95. The number of halogens is 1. The predicted octanol–water partition coefficient (Wildman–Crippen LogP) is 3.11. The maximum atomic E-state index is 6.06. The first-order valence-corrected chi connectivity index (χ1v) is 6.74. The summed E-state index contributed by atoms with van der Waals surface area (Å²) in [6.07, 6.45) is 1.90. The molecule has 0 aliphatic rings. The molecule has 0 unspecified atom stereocenters. The molecular formula is C13H18ClN5. The summed E-state index contributed by atoms with van der Waals surface area (Å²) in [6, 6.07) is 5.45. The third-order valence-electron chi connectivity index (χ3n) is 3.76. The van der Waals surface area contributed by atoms with Crippen molar-refractivity contribution in [3.8, 4) is 11.4 Å². The predicted molar refractivity (Wildman–Crippen MR) is 76.9 cm³/mol. The molecule has 1 aromatic heterocycles. The van der Waals surface area contributed by atoms with E-state index >= 15 is 0 Å². The lowest BCUT2D eigenvalue weighted by molar-refractivity contribution is 0.262. The summed E-state index contributed by atoms with van der Waals surface area (Å²) < 4.78 is 1.87. The molecule has 2 aromatic rings. The average molecular weight is 280 g/mol. The van der Waals surface area contributed by atoms with Crippen molar-refractivity contribution >= 4 is 17.3 Å². The van der Waals surface area contributed by atoms with Crippen LogP contribution in [0, 0.1) is 0 Å². The van der Waals surface area contributed by atoms with E-state index in [0.717, 1.165) is 18.4 Å². The molecule has 0 saturated carbocycles. The molecule has 0 amide bonds. The van der Waals surface area contributed by atoms with Crippen LogP contribution in [0.4, 0.5) is 5.69 Å². The zero-order chi connectivity index (χ0) is 14.0. The Kier molecular flexibility index (Phi) is 3.75. The van der Waals surface area contributed by atoms with E-state index in [4.69, 9.17) is 17.3 Å². The van der Waals surface area contributed by atoms with Crippen molar-refractivity contribution in [3.63, 3.8) is 0 Å². The van der Waals surface area contributed by atoms with Gasteiger partial charge in [-0.3, -0.25) is 0 Å². The minimum Gasteiger partial charge on any atom is -0.398 e. The van der Waals surface area contributed by atoms with Gasteiger partial charge in [0.1, 0.15) is 0 Å². The van der Waals surface area contributed by atoms with E-state index in [2.05, 4.69) is 36.3 Å². The topological polar surface area (TPSA) is 69.6 Å². The van der Waals surface area contributed by atoms with Crippen molar-refractivity contribution in [1.82, 2.24) is 20.2 Å². The van der Waals surface area contributed by atoms with Gasteiger partial charge < -0.3 is 5.73 Å². The second kappa shape index (κ2) is 5.17. The van der Waals surface area contributed by atoms with Gasteiger partial charge >= 0.3 is 0 Å². The Labute approximate surface area is 117 Å². The molecule has 19 heavy (non-hydrogen) atoms. The van der Waals surface area contributed by atoms with Gasteiger partial charge in [-0.05, 0) is 48.4 Å². The Morgan fingerprint density at radius 3 is 2.58 bits per heavy atom. The molecule has 1 aromatic carbocycles. The maximum Gasteiger partial charge on any atom is 0.182 e. The first kappa shape index (κ1) is 13.8. The standard InChI is InChI=1S/C13H18ClN5/c1-4-13(3,5-2)19-12(16-17-18-19)9-6-7-11(15)10(14)8-9/h6-8H,4-5,15H2,1-3H3. The molecule has 2 N–H and O–H groups in total. The molecule has 0 fully saturated rings. The molecule has 0 aliphatic carbocycles. The number of hydrogen-bond donors (Lipinski definition) is 1.